The van der Waals surface area contributed by atoms with Gasteiger partial charge in [-0.2, -0.15) is 0 Å². The molecule has 0 saturated carbocycles. The van der Waals surface area contributed by atoms with Crippen LogP contribution in [0.5, 0.6) is 0 Å². The molecule has 0 radical (unpaired) electrons. The van der Waals surface area contributed by atoms with Gasteiger partial charge in [0.05, 0.1) is 0 Å². The summed E-state index contributed by atoms with van der Waals surface area (Å²) in [5.74, 6) is -1.30. The van der Waals surface area contributed by atoms with Crippen LogP contribution in [0.2, 0.25) is 0 Å². The van der Waals surface area contributed by atoms with Crippen LogP contribution in [0.4, 0.5) is 5.69 Å². The molecule has 0 aromatic heterocycles. The molecule has 1 aliphatic rings. The predicted molar refractivity (Wildman–Crippen MR) is 77.7 cm³/mol. The lowest BCUT2D eigenvalue weighted by Crippen LogP contribution is -2.30. The number of amides is 1. The number of carbonyl (C=O) groups excluding carboxylic acids is 1. The number of anilines is 1. The van der Waals surface area contributed by atoms with E-state index in [1.54, 1.807) is 0 Å². The number of carboxylic acids is 1. The zero-order chi connectivity index (χ0) is 14.7. The molecule has 1 fully saturated rings. The molecule has 1 aromatic rings. The minimum Gasteiger partial charge on any atom is -0.479 e. The molecule has 6 heteroatoms. The summed E-state index contributed by atoms with van der Waals surface area (Å²) in [5.41, 5.74) is 1.75. The second-order valence-electron chi connectivity index (χ2n) is 4.67. The van der Waals surface area contributed by atoms with Gasteiger partial charge in [-0.05, 0) is 43.0 Å². The molecule has 1 saturated heterocycles. The van der Waals surface area contributed by atoms with Crippen LogP contribution in [-0.2, 0) is 20.7 Å². The SMILES string of the molecule is CCc1cc(Br)ccc1NC(=O)[C@@H]1CC[C@H](C(=O)O)O1. The molecule has 0 aliphatic carbocycles. The van der Waals surface area contributed by atoms with E-state index in [-0.39, 0.29) is 5.91 Å². The van der Waals surface area contributed by atoms with Gasteiger partial charge in [-0.25, -0.2) is 4.79 Å². The summed E-state index contributed by atoms with van der Waals surface area (Å²) in [6, 6.07) is 5.62. The van der Waals surface area contributed by atoms with Gasteiger partial charge in [0, 0.05) is 10.2 Å². The van der Waals surface area contributed by atoms with Crippen LogP contribution >= 0.6 is 15.9 Å². The summed E-state index contributed by atoms with van der Waals surface area (Å²) in [6.45, 7) is 2.00. The summed E-state index contributed by atoms with van der Waals surface area (Å²) in [7, 11) is 0. The molecule has 20 heavy (non-hydrogen) atoms. The number of aryl methyl sites for hydroxylation is 1. The summed E-state index contributed by atoms with van der Waals surface area (Å²) in [4.78, 5) is 22.9. The maximum Gasteiger partial charge on any atom is 0.332 e. The highest BCUT2D eigenvalue weighted by Gasteiger charge is 2.34. The first-order valence-electron chi connectivity index (χ1n) is 6.48. The van der Waals surface area contributed by atoms with Crippen LogP contribution in [0.25, 0.3) is 0 Å². The van der Waals surface area contributed by atoms with Crippen LogP contribution < -0.4 is 5.32 Å². The van der Waals surface area contributed by atoms with Crippen LogP contribution in [0.3, 0.4) is 0 Å². The number of halogens is 1. The van der Waals surface area contributed by atoms with Crippen LogP contribution in [-0.4, -0.2) is 29.2 Å². The molecule has 108 valence electrons. The Balaban J connectivity index is 2.04. The van der Waals surface area contributed by atoms with Crippen molar-refractivity contribution in [2.45, 2.75) is 38.4 Å². The topological polar surface area (TPSA) is 75.6 Å². The third-order valence-corrected chi connectivity index (χ3v) is 3.79. The Hall–Kier alpha value is -1.40. The van der Waals surface area contributed by atoms with Gasteiger partial charge in [0.2, 0.25) is 0 Å². The Morgan fingerprint density at radius 1 is 1.40 bits per heavy atom. The second kappa shape index (κ2) is 6.37. The van der Waals surface area contributed by atoms with Gasteiger partial charge in [0.15, 0.2) is 6.10 Å². The Bertz CT molecular complexity index is 532. The highest BCUT2D eigenvalue weighted by Crippen LogP contribution is 2.24. The first-order chi connectivity index (χ1) is 9.51. The monoisotopic (exact) mass is 341 g/mol. The van der Waals surface area contributed by atoms with Crippen molar-refractivity contribution in [1.29, 1.82) is 0 Å². The van der Waals surface area contributed by atoms with Gasteiger partial charge >= 0.3 is 5.97 Å². The third kappa shape index (κ3) is 3.37. The van der Waals surface area contributed by atoms with E-state index in [9.17, 15) is 9.59 Å². The van der Waals surface area contributed by atoms with E-state index >= 15 is 0 Å². The van der Waals surface area contributed by atoms with Crippen LogP contribution in [0.1, 0.15) is 25.3 Å². The Morgan fingerprint density at radius 2 is 2.10 bits per heavy atom. The van der Waals surface area contributed by atoms with Gasteiger partial charge in [-0.3, -0.25) is 4.79 Å². The second-order valence-corrected chi connectivity index (χ2v) is 5.59. The van der Waals surface area contributed by atoms with E-state index in [1.807, 2.05) is 25.1 Å². The van der Waals surface area contributed by atoms with Crippen molar-refractivity contribution in [3.05, 3.63) is 28.2 Å². The van der Waals surface area contributed by atoms with Crippen LogP contribution in [0.15, 0.2) is 22.7 Å². The number of rotatable bonds is 4. The van der Waals surface area contributed by atoms with Crippen molar-refractivity contribution in [3.63, 3.8) is 0 Å². The highest BCUT2D eigenvalue weighted by atomic mass is 79.9. The fourth-order valence-electron chi connectivity index (χ4n) is 2.20. The molecule has 0 spiro atoms. The van der Waals surface area contributed by atoms with E-state index in [1.165, 1.54) is 0 Å². The number of nitrogens with one attached hydrogen (secondary N) is 1. The van der Waals surface area contributed by atoms with Gasteiger partial charge < -0.3 is 15.2 Å². The summed E-state index contributed by atoms with van der Waals surface area (Å²) in [5, 5.41) is 11.7. The Kier molecular flexibility index (Phi) is 4.77. The minimum absolute atomic E-state index is 0.286. The number of benzene rings is 1. The summed E-state index contributed by atoms with van der Waals surface area (Å²) >= 11 is 3.39. The molecular formula is C14H16BrNO4. The minimum atomic E-state index is -1.02. The smallest absolute Gasteiger partial charge is 0.332 e. The van der Waals surface area contributed by atoms with Crippen molar-refractivity contribution in [2.24, 2.45) is 0 Å². The highest BCUT2D eigenvalue weighted by molar-refractivity contribution is 9.10. The molecule has 0 unspecified atom stereocenters. The fraction of sp³-hybridized carbons (Fsp3) is 0.429. The molecule has 1 aliphatic heterocycles. The van der Waals surface area contributed by atoms with E-state index in [0.29, 0.717) is 12.8 Å². The van der Waals surface area contributed by atoms with Crippen molar-refractivity contribution < 1.29 is 19.4 Å². The standard InChI is InChI=1S/C14H16BrNO4/c1-2-8-7-9(15)3-4-10(8)16-13(17)11-5-6-12(20-11)14(18)19/h3-4,7,11-12H,2,5-6H2,1H3,(H,16,17)(H,18,19)/t11-,12+/m0/s1. The van der Waals surface area contributed by atoms with Gasteiger partial charge in [0.1, 0.15) is 6.10 Å². The lowest BCUT2D eigenvalue weighted by molar-refractivity contribution is -0.150. The molecular weight excluding hydrogens is 326 g/mol. The quantitative estimate of drug-likeness (QED) is 0.882. The first-order valence-corrected chi connectivity index (χ1v) is 7.28. The zero-order valence-electron chi connectivity index (χ0n) is 11.1. The van der Waals surface area contributed by atoms with Crippen LogP contribution in [0, 0.1) is 0 Å². The largest absolute Gasteiger partial charge is 0.479 e. The number of carboxylic acid groups (broad SMARTS) is 1. The molecule has 5 nitrogen and oxygen atoms in total. The van der Waals surface area contributed by atoms with Crippen molar-refractivity contribution in [3.8, 4) is 0 Å². The van der Waals surface area contributed by atoms with Crippen molar-refractivity contribution in [1.82, 2.24) is 0 Å². The molecule has 2 rings (SSSR count). The molecule has 2 atom stereocenters. The summed E-state index contributed by atoms with van der Waals surface area (Å²) < 4.78 is 6.19. The molecule has 1 heterocycles. The Labute approximate surface area is 125 Å². The average molecular weight is 342 g/mol. The number of carbonyl (C=O) groups is 2. The maximum atomic E-state index is 12.1. The van der Waals surface area contributed by atoms with E-state index in [0.717, 1.165) is 22.1 Å². The number of hydrogen-bond donors (Lipinski definition) is 2. The van der Waals surface area contributed by atoms with Crippen molar-refractivity contribution in [2.75, 3.05) is 5.32 Å². The van der Waals surface area contributed by atoms with Crippen molar-refractivity contribution >= 4 is 33.5 Å². The molecule has 1 aromatic carbocycles. The number of hydrogen-bond acceptors (Lipinski definition) is 3. The van der Waals surface area contributed by atoms with Gasteiger partial charge in [-0.1, -0.05) is 22.9 Å². The predicted octanol–water partition coefficient (Wildman–Crippen LogP) is 2.58. The zero-order valence-corrected chi connectivity index (χ0v) is 12.6. The van der Waals surface area contributed by atoms with E-state index in [4.69, 9.17) is 9.84 Å². The third-order valence-electron chi connectivity index (χ3n) is 3.29. The van der Waals surface area contributed by atoms with E-state index < -0.39 is 18.2 Å². The number of ether oxygens (including phenoxy) is 1. The molecule has 1 amide bonds. The fourth-order valence-corrected chi connectivity index (χ4v) is 2.61. The lowest BCUT2D eigenvalue weighted by Gasteiger charge is -2.14. The lowest BCUT2D eigenvalue weighted by atomic mass is 10.1. The van der Waals surface area contributed by atoms with Gasteiger partial charge in [0.25, 0.3) is 5.91 Å². The number of aliphatic carboxylic acids is 1. The molecule has 2 N–H and O–H groups in total. The van der Waals surface area contributed by atoms with Gasteiger partial charge in [-0.15, -0.1) is 0 Å². The summed E-state index contributed by atoms with van der Waals surface area (Å²) in [6.07, 6.45) is 0.0267. The maximum absolute atomic E-state index is 12.1. The normalized spacial score (nSPS) is 21.7. The van der Waals surface area contributed by atoms with E-state index in [2.05, 4.69) is 21.2 Å². The first kappa shape index (κ1) is 15.0. The average Bonchev–Trinajstić information content (AvgIpc) is 2.90. The Morgan fingerprint density at radius 3 is 2.70 bits per heavy atom. The molecule has 0 bridgehead atoms.